The first kappa shape index (κ1) is 21.5. The number of aromatic nitrogens is 7. The first-order chi connectivity index (χ1) is 16.9. The highest BCUT2D eigenvalue weighted by molar-refractivity contribution is 7.89. The fourth-order valence-corrected chi connectivity index (χ4v) is 5.87. The predicted molar refractivity (Wildman–Crippen MR) is 133 cm³/mol. The molecule has 12 heteroatoms. The lowest BCUT2D eigenvalue weighted by Crippen LogP contribution is -2.35. The number of nitrogens with one attached hydrogen (secondary N) is 3. The molecule has 0 saturated heterocycles. The molecule has 5 heterocycles. The Labute approximate surface area is 201 Å². The van der Waals surface area contributed by atoms with Crippen molar-refractivity contribution < 1.29 is 8.42 Å². The average Bonchev–Trinajstić information content (AvgIpc) is 3.58. The smallest absolute Gasteiger partial charge is 0.260 e. The Hall–Kier alpha value is -4.03. The molecule has 11 nitrogen and oxygen atoms in total. The molecule has 0 aliphatic carbocycles. The number of fused-ring (bicyclic) bond motifs is 2. The van der Waals surface area contributed by atoms with E-state index in [2.05, 4.69) is 35.5 Å². The Kier molecular flexibility index (Phi) is 4.93. The van der Waals surface area contributed by atoms with Gasteiger partial charge >= 0.3 is 0 Å². The molecule has 1 aromatic carbocycles. The van der Waals surface area contributed by atoms with E-state index < -0.39 is 10.0 Å². The summed E-state index contributed by atoms with van der Waals surface area (Å²) in [6.07, 6.45) is 7.23. The molecule has 1 aliphatic heterocycles. The largest absolute Gasteiger partial charge is 0.340 e. The van der Waals surface area contributed by atoms with Gasteiger partial charge in [0, 0.05) is 36.9 Å². The van der Waals surface area contributed by atoms with Crippen LogP contribution >= 0.6 is 0 Å². The number of hydrogen-bond donors (Lipinski definition) is 3. The lowest BCUT2D eigenvalue weighted by Gasteiger charge is -2.25. The van der Waals surface area contributed by atoms with E-state index in [9.17, 15) is 8.42 Å². The van der Waals surface area contributed by atoms with Crippen molar-refractivity contribution in [2.75, 3.05) is 18.4 Å². The van der Waals surface area contributed by atoms with Crippen molar-refractivity contribution >= 4 is 49.0 Å². The minimum absolute atomic E-state index is 0.206. The summed E-state index contributed by atoms with van der Waals surface area (Å²) in [5.41, 5.74) is 4.52. The van der Waals surface area contributed by atoms with Gasteiger partial charge in [0.2, 0.25) is 0 Å². The SMILES string of the molecule is Cc1ncc(S(=O)(=O)N2CC=C(c3cc4c(Nc5ccc6[nH]ncc6c5)ncnc4[nH]3)CC2)n1C. The van der Waals surface area contributed by atoms with Gasteiger partial charge < -0.3 is 14.9 Å². The molecule has 0 atom stereocenters. The van der Waals surface area contributed by atoms with Gasteiger partial charge in [-0.05, 0) is 43.2 Å². The quantitative estimate of drug-likeness (QED) is 0.345. The van der Waals surface area contributed by atoms with Crippen molar-refractivity contribution in [2.45, 2.75) is 18.4 Å². The third kappa shape index (κ3) is 3.67. The van der Waals surface area contributed by atoms with Crippen LogP contribution < -0.4 is 5.32 Å². The van der Waals surface area contributed by atoms with E-state index in [1.54, 1.807) is 24.7 Å². The molecule has 35 heavy (non-hydrogen) atoms. The van der Waals surface area contributed by atoms with Crippen LogP contribution in [0.25, 0.3) is 27.5 Å². The number of H-pyrrole nitrogens is 2. The Morgan fingerprint density at radius 3 is 2.77 bits per heavy atom. The van der Waals surface area contributed by atoms with Crippen LogP contribution in [0.15, 0.2) is 54.1 Å². The van der Waals surface area contributed by atoms with Crippen molar-refractivity contribution in [3.05, 3.63) is 60.6 Å². The van der Waals surface area contributed by atoms with E-state index in [4.69, 9.17) is 0 Å². The number of hydrogen-bond acceptors (Lipinski definition) is 7. The maximum Gasteiger partial charge on any atom is 0.260 e. The fraction of sp³-hybridized carbons (Fsp3) is 0.217. The Morgan fingerprint density at radius 2 is 2.00 bits per heavy atom. The topological polar surface area (TPSA) is 137 Å². The van der Waals surface area contributed by atoms with Crippen molar-refractivity contribution in [2.24, 2.45) is 7.05 Å². The first-order valence-corrected chi connectivity index (χ1v) is 12.6. The maximum absolute atomic E-state index is 13.1. The minimum Gasteiger partial charge on any atom is -0.340 e. The summed E-state index contributed by atoms with van der Waals surface area (Å²) < 4.78 is 29.2. The van der Waals surface area contributed by atoms with Gasteiger partial charge in [0.05, 0.1) is 23.3 Å². The lowest BCUT2D eigenvalue weighted by atomic mass is 10.1. The molecule has 0 amide bonds. The Balaban J connectivity index is 1.26. The predicted octanol–water partition coefficient (Wildman–Crippen LogP) is 3.10. The number of nitrogens with zero attached hydrogens (tertiary/aromatic N) is 6. The number of benzene rings is 1. The van der Waals surface area contributed by atoms with E-state index in [1.807, 2.05) is 30.3 Å². The molecule has 6 rings (SSSR count). The minimum atomic E-state index is -3.61. The summed E-state index contributed by atoms with van der Waals surface area (Å²) >= 11 is 0. The van der Waals surface area contributed by atoms with E-state index >= 15 is 0 Å². The van der Waals surface area contributed by atoms with Gasteiger partial charge in [-0.2, -0.15) is 9.40 Å². The molecule has 0 spiro atoms. The molecule has 0 radical (unpaired) electrons. The molecular weight excluding hydrogens is 466 g/mol. The van der Waals surface area contributed by atoms with Gasteiger partial charge in [-0.1, -0.05) is 6.08 Å². The van der Waals surface area contributed by atoms with Crippen LogP contribution in [-0.2, 0) is 17.1 Å². The zero-order chi connectivity index (χ0) is 24.2. The zero-order valence-electron chi connectivity index (χ0n) is 19.1. The van der Waals surface area contributed by atoms with Crippen LogP contribution in [-0.4, -0.2) is 60.5 Å². The average molecular weight is 490 g/mol. The van der Waals surface area contributed by atoms with Crippen LogP contribution in [0, 0.1) is 6.92 Å². The molecule has 178 valence electrons. The highest BCUT2D eigenvalue weighted by Crippen LogP contribution is 2.31. The van der Waals surface area contributed by atoms with Crippen molar-refractivity contribution in [1.29, 1.82) is 0 Å². The Morgan fingerprint density at radius 1 is 1.11 bits per heavy atom. The van der Waals surface area contributed by atoms with Crippen LogP contribution in [0.1, 0.15) is 17.9 Å². The second-order valence-corrected chi connectivity index (χ2v) is 10.4. The Bertz CT molecular complexity index is 1710. The number of aryl methyl sites for hydroxylation is 1. The maximum atomic E-state index is 13.1. The highest BCUT2D eigenvalue weighted by atomic mass is 32.2. The van der Waals surface area contributed by atoms with Crippen LogP contribution in [0.5, 0.6) is 0 Å². The van der Waals surface area contributed by atoms with Crippen molar-refractivity contribution in [1.82, 2.24) is 39.0 Å². The van der Waals surface area contributed by atoms with Gasteiger partial charge in [0.25, 0.3) is 10.0 Å². The van der Waals surface area contributed by atoms with Gasteiger partial charge in [-0.25, -0.2) is 23.4 Å². The standard InChI is InChI=1S/C23H23N9O2S/c1-14-24-12-21(31(14)2)35(33,34)32-7-5-15(6-8-32)20-10-18-22(25-13-26-23(18)29-20)28-17-3-4-19-16(9-17)11-27-30-19/h3-5,9-13H,6-8H2,1-2H3,(H,27,30)(H2,25,26,28,29). The molecule has 0 fully saturated rings. The zero-order valence-corrected chi connectivity index (χ0v) is 20.0. The summed E-state index contributed by atoms with van der Waals surface area (Å²) in [6, 6.07) is 7.94. The molecule has 1 aliphatic rings. The normalized spacial score (nSPS) is 15.1. The van der Waals surface area contributed by atoms with Crippen LogP contribution in [0.2, 0.25) is 0 Å². The second-order valence-electron chi connectivity index (χ2n) is 8.51. The molecule has 3 N–H and O–H groups in total. The highest BCUT2D eigenvalue weighted by Gasteiger charge is 2.29. The van der Waals surface area contributed by atoms with E-state index in [-0.39, 0.29) is 5.03 Å². The second kappa shape index (κ2) is 8.03. The van der Waals surface area contributed by atoms with E-state index in [1.165, 1.54) is 16.8 Å². The first-order valence-electron chi connectivity index (χ1n) is 11.1. The molecule has 0 saturated carbocycles. The lowest BCUT2D eigenvalue weighted by molar-refractivity contribution is 0.435. The summed E-state index contributed by atoms with van der Waals surface area (Å²) in [5, 5.41) is 12.4. The summed E-state index contributed by atoms with van der Waals surface area (Å²) in [5.74, 6) is 1.35. The van der Waals surface area contributed by atoms with Crippen molar-refractivity contribution in [3.63, 3.8) is 0 Å². The number of imidazole rings is 1. The van der Waals surface area contributed by atoms with Gasteiger partial charge in [-0.3, -0.25) is 5.10 Å². The summed E-state index contributed by atoms with van der Waals surface area (Å²) in [7, 11) is -1.90. The summed E-state index contributed by atoms with van der Waals surface area (Å²) in [6.45, 7) is 2.46. The van der Waals surface area contributed by atoms with E-state index in [0.717, 1.165) is 33.2 Å². The third-order valence-corrected chi connectivity index (χ3v) is 8.35. The molecule has 4 aromatic heterocycles. The number of sulfonamides is 1. The summed E-state index contributed by atoms with van der Waals surface area (Å²) in [4.78, 5) is 16.3. The monoisotopic (exact) mass is 489 g/mol. The van der Waals surface area contributed by atoms with Gasteiger partial charge in [0.1, 0.15) is 23.6 Å². The fourth-order valence-electron chi connectivity index (χ4n) is 4.34. The molecule has 5 aromatic rings. The van der Waals surface area contributed by atoms with Gasteiger partial charge in [0.15, 0.2) is 5.03 Å². The molecule has 0 bridgehead atoms. The number of aromatic amines is 2. The van der Waals surface area contributed by atoms with Crippen LogP contribution in [0.3, 0.4) is 0 Å². The number of rotatable bonds is 5. The van der Waals surface area contributed by atoms with Gasteiger partial charge in [-0.15, -0.1) is 0 Å². The molecular formula is C23H23N9O2S. The third-order valence-electron chi connectivity index (χ3n) is 6.43. The molecule has 0 unspecified atom stereocenters. The number of anilines is 2. The van der Waals surface area contributed by atoms with Crippen molar-refractivity contribution in [3.8, 4) is 0 Å². The van der Waals surface area contributed by atoms with Crippen LogP contribution in [0.4, 0.5) is 11.5 Å². The van der Waals surface area contributed by atoms with E-state index in [0.29, 0.717) is 36.8 Å².